The predicted octanol–water partition coefficient (Wildman–Crippen LogP) is 24.9. The van der Waals surface area contributed by atoms with Gasteiger partial charge in [0.05, 0.1) is 0 Å². The SMILES string of the molecule is CCCCCCC/C=C\C/C=C\C/C=C\CCCCCCCCCCCCCCC(=O)OCC(COC(=O)CCCCCCC/C=C\CCCCCCCCC)OC(=O)CCCCCCCCCCCCCCCCCCCCCC. The topological polar surface area (TPSA) is 78.9 Å². The molecular formula is C75H138O6. The van der Waals surface area contributed by atoms with Crippen LogP contribution in [0.3, 0.4) is 0 Å². The number of hydrogen-bond acceptors (Lipinski definition) is 6. The molecule has 0 aromatic rings. The second kappa shape index (κ2) is 69.9. The molecule has 0 aromatic carbocycles. The maximum Gasteiger partial charge on any atom is 0.306 e. The summed E-state index contributed by atoms with van der Waals surface area (Å²) >= 11 is 0. The highest BCUT2D eigenvalue weighted by molar-refractivity contribution is 5.71. The number of carbonyl (C=O) groups is 3. The molecule has 0 aliphatic rings. The van der Waals surface area contributed by atoms with Crippen LogP contribution in [0.15, 0.2) is 48.6 Å². The van der Waals surface area contributed by atoms with Gasteiger partial charge >= 0.3 is 17.9 Å². The Morgan fingerprint density at radius 1 is 0.247 bits per heavy atom. The first-order valence-corrected chi connectivity index (χ1v) is 36.1. The van der Waals surface area contributed by atoms with E-state index in [1.54, 1.807) is 0 Å². The maximum atomic E-state index is 13.0. The van der Waals surface area contributed by atoms with Gasteiger partial charge in [-0.3, -0.25) is 14.4 Å². The molecule has 0 rings (SSSR count). The average Bonchev–Trinajstić information content (AvgIpc) is 3.47. The Balaban J connectivity index is 4.28. The Hall–Kier alpha value is -2.63. The highest BCUT2D eigenvalue weighted by Gasteiger charge is 2.19. The highest BCUT2D eigenvalue weighted by atomic mass is 16.6. The van der Waals surface area contributed by atoms with Crippen molar-refractivity contribution in [2.45, 2.75) is 399 Å². The largest absolute Gasteiger partial charge is 0.462 e. The summed E-state index contributed by atoms with van der Waals surface area (Å²) in [6.45, 7) is 6.69. The number of unbranched alkanes of at least 4 members (excludes halogenated alkanes) is 48. The number of ether oxygens (including phenoxy) is 3. The first kappa shape index (κ1) is 78.4. The molecule has 474 valence electrons. The molecule has 0 N–H and O–H groups in total. The average molecular weight is 1140 g/mol. The van der Waals surface area contributed by atoms with Gasteiger partial charge in [-0.1, -0.05) is 339 Å². The Bertz CT molecular complexity index is 1400. The van der Waals surface area contributed by atoms with Gasteiger partial charge in [-0.05, 0) is 83.5 Å². The monoisotopic (exact) mass is 1140 g/mol. The molecule has 6 nitrogen and oxygen atoms in total. The van der Waals surface area contributed by atoms with Gasteiger partial charge in [0.2, 0.25) is 0 Å². The Labute approximate surface area is 505 Å². The minimum atomic E-state index is -0.776. The number of hydrogen-bond donors (Lipinski definition) is 0. The summed E-state index contributed by atoms with van der Waals surface area (Å²) in [7, 11) is 0. The summed E-state index contributed by atoms with van der Waals surface area (Å²) in [5.41, 5.74) is 0. The lowest BCUT2D eigenvalue weighted by Gasteiger charge is -2.18. The van der Waals surface area contributed by atoms with Crippen LogP contribution in [-0.2, 0) is 28.6 Å². The summed E-state index contributed by atoms with van der Waals surface area (Å²) in [6.07, 6.45) is 88.5. The standard InChI is InChI=1S/C75H138O6/c1-4-7-10-13-16-19-22-25-28-31-33-35-36-37-38-39-40-41-43-44-47-50-53-56-59-62-65-68-74(77)80-71-72(70-79-73(76)67-64-61-58-55-52-49-46-30-27-24-21-18-15-12-9-6-3)81-75(78)69-66-63-60-57-54-51-48-45-42-34-32-29-26-23-20-17-14-11-8-5-2/h22,25,30-31,33,36-37,46,72H,4-21,23-24,26-29,32,34-35,38-45,47-71H2,1-3H3/b25-22-,33-31-,37-36-,46-30-. The van der Waals surface area contributed by atoms with Crippen molar-refractivity contribution in [1.29, 1.82) is 0 Å². The molecule has 6 heteroatoms. The molecular weight excluding hydrogens is 997 g/mol. The molecule has 81 heavy (non-hydrogen) atoms. The zero-order valence-electron chi connectivity index (χ0n) is 54.6. The quantitative estimate of drug-likeness (QED) is 0.0261. The third-order valence-electron chi connectivity index (χ3n) is 16.3. The first-order valence-electron chi connectivity index (χ1n) is 36.1. The lowest BCUT2D eigenvalue weighted by molar-refractivity contribution is -0.167. The second-order valence-corrected chi connectivity index (χ2v) is 24.5. The molecule has 0 aliphatic carbocycles. The van der Waals surface area contributed by atoms with E-state index in [1.165, 1.54) is 276 Å². The zero-order chi connectivity index (χ0) is 58.5. The molecule has 0 heterocycles. The first-order chi connectivity index (χ1) is 40.0. The second-order valence-electron chi connectivity index (χ2n) is 24.5. The van der Waals surface area contributed by atoms with Gasteiger partial charge in [-0.15, -0.1) is 0 Å². The highest BCUT2D eigenvalue weighted by Crippen LogP contribution is 2.18. The van der Waals surface area contributed by atoms with Crippen LogP contribution in [0.4, 0.5) is 0 Å². The number of allylic oxidation sites excluding steroid dienone is 8. The van der Waals surface area contributed by atoms with Crippen LogP contribution >= 0.6 is 0 Å². The molecule has 0 radical (unpaired) electrons. The van der Waals surface area contributed by atoms with Crippen molar-refractivity contribution in [1.82, 2.24) is 0 Å². The van der Waals surface area contributed by atoms with E-state index < -0.39 is 6.10 Å². The fourth-order valence-electron chi connectivity index (χ4n) is 10.9. The molecule has 1 atom stereocenters. The minimum Gasteiger partial charge on any atom is -0.462 e. The van der Waals surface area contributed by atoms with Crippen molar-refractivity contribution >= 4 is 17.9 Å². The van der Waals surface area contributed by atoms with Crippen LogP contribution in [0, 0.1) is 0 Å². The molecule has 0 spiro atoms. The number of rotatable bonds is 67. The van der Waals surface area contributed by atoms with E-state index in [-0.39, 0.29) is 31.1 Å². The van der Waals surface area contributed by atoms with Crippen LogP contribution in [0.5, 0.6) is 0 Å². The van der Waals surface area contributed by atoms with Crippen LogP contribution in [-0.4, -0.2) is 37.2 Å². The van der Waals surface area contributed by atoms with Gasteiger partial charge in [-0.25, -0.2) is 0 Å². The maximum absolute atomic E-state index is 13.0. The van der Waals surface area contributed by atoms with Crippen LogP contribution < -0.4 is 0 Å². The predicted molar refractivity (Wildman–Crippen MR) is 353 cm³/mol. The van der Waals surface area contributed by atoms with E-state index in [1.807, 2.05) is 0 Å². The number of carbonyl (C=O) groups excluding carboxylic acids is 3. The molecule has 0 saturated heterocycles. The Morgan fingerprint density at radius 2 is 0.444 bits per heavy atom. The Kier molecular flexibility index (Phi) is 67.6. The summed E-state index contributed by atoms with van der Waals surface area (Å²) < 4.78 is 17.0. The van der Waals surface area contributed by atoms with Gasteiger partial charge in [-0.2, -0.15) is 0 Å². The third kappa shape index (κ3) is 68.0. The van der Waals surface area contributed by atoms with E-state index in [4.69, 9.17) is 14.2 Å². The molecule has 0 bridgehead atoms. The van der Waals surface area contributed by atoms with Crippen molar-refractivity contribution in [2.75, 3.05) is 13.2 Å². The zero-order valence-corrected chi connectivity index (χ0v) is 54.6. The lowest BCUT2D eigenvalue weighted by Crippen LogP contribution is -2.30. The van der Waals surface area contributed by atoms with E-state index in [2.05, 4.69) is 69.4 Å². The van der Waals surface area contributed by atoms with Gasteiger partial charge in [0.25, 0.3) is 0 Å². The Morgan fingerprint density at radius 3 is 0.704 bits per heavy atom. The van der Waals surface area contributed by atoms with Crippen LogP contribution in [0.25, 0.3) is 0 Å². The van der Waals surface area contributed by atoms with E-state index >= 15 is 0 Å². The molecule has 1 unspecified atom stereocenters. The smallest absolute Gasteiger partial charge is 0.306 e. The van der Waals surface area contributed by atoms with Gasteiger partial charge in [0.15, 0.2) is 6.10 Å². The summed E-state index contributed by atoms with van der Waals surface area (Å²) in [5, 5.41) is 0. The van der Waals surface area contributed by atoms with Gasteiger partial charge < -0.3 is 14.2 Å². The van der Waals surface area contributed by atoms with Crippen molar-refractivity contribution in [3.63, 3.8) is 0 Å². The van der Waals surface area contributed by atoms with E-state index in [9.17, 15) is 14.4 Å². The molecule has 0 aromatic heterocycles. The normalized spacial score (nSPS) is 12.3. The third-order valence-corrected chi connectivity index (χ3v) is 16.3. The molecule has 0 aliphatic heterocycles. The molecule has 0 amide bonds. The fourth-order valence-corrected chi connectivity index (χ4v) is 10.9. The van der Waals surface area contributed by atoms with E-state index in [0.29, 0.717) is 19.3 Å². The van der Waals surface area contributed by atoms with E-state index in [0.717, 1.165) is 77.0 Å². The fraction of sp³-hybridized carbons (Fsp3) is 0.853. The van der Waals surface area contributed by atoms with Crippen LogP contribution in [0.2, 0.25) is 0 Å². The van der Waals surface area contributed by atoms with Crippen molar-refractivity contribution in [3.8, 4) is 0 Å². The summed E-state index contributed by atoms with van der Waals surface area (Å²) in [4.78, 5) is 38.5. The summed E-state index contributed by atoms with van der Waals surface area (Å²) in [6, 6.07) is 0. The summed E-state index contributed by atoms with van der Waals surface area (Å²) in [5.74, 6) is -0.853. The van der Waals surface area contributed by atoms with Gasteiger partial charge in [0, 0.05) is 19.3 Å². The van der Waals surface area contributed by atoms with Gasteiger partial charge in [0.1, 0.15) is 13.2 Å². The van der Waals surface area contributed by atoms with Crippen molar-refractivity contribution < 1.29 is 28.6 Å². The minimum absolute atomic E-state index is 0.0721. The molecule has 0 saturated carbocycles. The molecule has 0 fully saturated rings. The van der Waals surface area contributed by atoms with Crippen molar-refractivity contribution in [3.05, 3.63) is 48.6 Å². The van der Waals surface area contributed by atoms with Crippen LogP contribution in [0.1, 0.15) is 393 Å². The van der Waals surface area contributed by atoms with Crippen molar-refractivity contribution in [2.24, 2.45) is 0 Å². The lowest BCUT2D eigenvalue weighted by atomic mass is 10.0. The number of esters is 3.